The average Bonchev–Trinajstić information content (AvgIpc) is 2.88. The van der Waals surface area contributed by atoms with Gasteiger partial charge in [-0.05, 0) is 31.2 Å². The molecular formula is C16H15F6N3O. The predicted octanol–water partition coefficient (Wildman–Crippen LogP) is 4.50. The molecule has 0 radical (unpaired) electrons. The number of carbonyl (C=O) groups is 1. The summed E-state index contributed by atoms with van der Waals surface area (Å²) in [5.41, 5.74) is -1.82. The molecule has 1 N–H and O–H groups in total. The molecule has 0 aliphatic heterocycles. The molecule has 1 heterocycles. The summed E-state index contributed by atoms with van der Waals surface area (Å²) in [5.74, 6) is -1.45. The fourth-order valence-corrected chi connectivity index (χ4v) is 2.21. The summed E-state index contributed by atoms with van der Waals surface area (Å²) >= 11 is 0. The van der Waals surface area contributed by atoms with Crippen LogP contribution in [0.5, 0.6) is 0 Å². The SMILES string of the molecule is Cc1cc(C(F)(F)F)nn1CC(C)C(=O)Nc1cccc(C(F)(F)F)c1. The number of alkyl halides is 6. The van der Waals surface area contributed by atoms with Crippen molar-refractivity contribution in [3.05, 3.63) is 47.3 Å². The fourth-order valence-electron chi connectivity index (χ4n) is 2.21. The first-order valence-corrected chi connectivity index (χ1v) is 7.47. The highest BCUT2D eigenvalue weighted by Gasteiger charge is 2.34. The van der Waals surface area contributed by atoms with Gasteiger partial charge in [-0.3, -0.25) is 9.48 Å². The monoisotopic (exact) mass is 379 g/mol. The molecular weight excluding hydrogens is 364 g/mol. The molecule has 1 unspecified atom stereocenters. The minimum atomic E-state index is -4.60. The van der Waals surface area contributed by atoms with E-state index in [-0.39, 0.29) is 17.9 Å². The number of hydrogen-bond acceptors (Lipinski definition) is 2. The molecule has 0 fully saturated rings. The number of halogens is 6. The molecule has 2 rings (SSSR count). The Hall–Kier alpha value is -2.52. The Morgan fingerprint density at radius 3 is 2.35 bits per heavy atom. The zero-order valence-corrected chi connectivity index (χ0v) is 13.7. The normalized spacial score (nSPS) is 13.5. The van der Waals surface area contributed by atoms with Gasteiger partial charge in [0.1, 0.15) is 0 Å². The molecule has 142 valence electrons. The minimum Gasteiger partial charge on any atom is -0.326 e. The van der Waals surface area contributed by atoms with Crippen LogP contribution in [-0.2, 0) is 23.7 Å². The van der Waals surface area contributed by atoms with Crippen LogP contribution in [0.3, 0.4) is 0 Å². The van der Waals surface area contributed by atoms with E-state index in [1.165, 1.54) is 19.9 Å². The Morgan fingerprint density at radius 1 is 1.15 bits per heavy atom. The number of benzene rings is 1. The van der Waals surface area contributed by atoms with E-state index in [1.54, 1.807) is 0 Å². The van der Waals surface area contributed by atoms with Gasteiger partial charge in [0, 0.05) is 11.4 Å². The lowest BCUT2D eigenvalue weighted by atomic mass is 10.1. The average molecular weight is 379 g/mol. The second-order valence-corrected chi connectivity index (χ2v) is 5.82. The van der Waals surface area contributed by atoms with Crippen LogP contribution in [0.4, 0.5) is 32.0 Å². The number of rotatable bonds is 4. The molecule has 26 heavy (non-hydrogen) atoms. The molecule has 1 aromatic carbocycles. The molecule has 0 saturated heterocycles. The number of hydrogen-bond donors (Lipinski definition) is 1. The number of nitrogens with one attached hydrogen (secondary N) is 1. The molecule has 0 saturated carbocycles. The van der Waals surface area contributed by atoms with E-state index >= 15 is 0 Å². The van der Waals surface area contributed by atoms with Gasteiger partial charge < -0.3 is 5.32 Å². The van der Waals surface area contributed by atoms with Crippen molar-refractivity contribution < 1.29 is 31.1 Å². The standard InChI is InChI=1S/C16H15F6N3O/c1-9(8-25-10(2)6-13(24-25)16(20,21)22)14(26)23-12-5-3-4-11(7-12)15(17,18)19/h3-7,9H,8H2,1-2H3,(H,23,26). The van der Waals surface area contributed by atoms with Gasteiger partial charge >= 0.3 is 12.4 Å². The van der Waals surface area contributed by atoms with E-state index < -0.39 is 35.4 Å². The van der Waals surface area contributed by atoms with Gasteiger partial charge in [0.2, 0.25) is 5.91 Å². The molecule has 4 nitrogen and oxygen atoms in total. The number of nitrogens with zero attached hydrogens (tertiary/aromatic N) is 2. The van der Waals surface area contributed by atoms with Crippen LogP contribution in [0.25, 0.3) is 0 Å². The van der Waals surface area contributed by atoms with Crippen LogP contribution in [0.15, 0.2) is 30.3 Å². The maximum Gasteiger partial charge on any atom is 0.435 e. The van der Waals surface area contributed by atoms with Crippen LogP contribution in [-0.4, -0.2) is 15.7 Å². The Bertz CT molecular complexity index is 794. The molecule has 0 spiro atoms. The molecule has 10 heteroatoms. The smallest absolute Gasteiger partial charge is 0.326 e. The van der Waals surface area contributed by atoms with Crippen molar-refractivity contribution >= 4 is 11.6 Å². The van der Waals surface area contributed by atoms with Crippen LogP contribution in [0.2, 0.25) is 0 Å². The summed E-state index contributed by atoms with van der Waals surface area (Å²) in [6, 6.07) is 4.95. The van der Waals surface area contributed by atoms with E-state index in [0.29, 0.717) is 0 Å². The lowest BCUT2D eigenvalue weighted by Crippen LogP contribution is -2.25. The van der Waals surface area contributed by atoms with Crippen LogP contribution in [0, 0.1) is 12.8 Å². The first-order chi connectivity index (χ1) is 11.9. The zero-order chi connectivity index (χ0) is 19.7. The Labute approximate surface area is 144 Å². The van der Waals surface area contributed by atoms with Crippen molar-refractivity contribution in [2.75, 3.05) is 5.32 Å². The summed E-state index contributed by atoms with van der Waals surface area (Å²) in [5, 5.41) is 5.75. The van der Waals surface area contributed by atoms with Crippen molar-refractivity contribution in [3.63, 3.8) is 0 Å². The predicted molar refractivity (Wildman–Crippen MR) is 81.2 cm³/mol. The highest BCUT2D eigenvalue weighted by molar-refractivity contribution is 5.92. The van der Waals surface area contributed by atoms with E-state index in [9.17, 15) is 31.1 Å². The Balaban J connectivity index is 2.08. The van der Waals surface area contributed by atoms with Gasteiger partial charge in [0.25, 0.3) is 0 Å². The van der Waals surface area contributed by atoms with Crippen molar-refractivity contribution in [2.45, 2.75) is 32.7 Å². The van der Waals surface area contributed by atoms with Crippen LogP contribution >= 0.6 is 0 Å². The third-order valence-electron chi connectivity index (χ3n) is 3.62. The van der Waals surface area contributed by atoms with E-state index in [0.717, 1.165) is 28.9 Å². The maximum absolute atomic E-state index is 12.7. The zero-order valence-electron chi connectivity index (χ0n) is 13.7. The number of aromatic nitrogens is 2. The van der Waals surface area contributed by atoms with Crippen molar-refractivity contribution in [3.8, 4) is 0 Å². The summed E-state index contributed by atoms with van der Waals surface area (Å²) < 4.78 is 77.0. The van der Waals surface area contributed by atoms with Gasteiger partial charge in [0.05, 0.1) is 18.0 Å². The molecule has 1 aromatic heterocycles. The van der Waals surface area contributed by atoms with Gasteiger partial charge in [0.15, 0.2) is 5.69 Å². The molecule has 1 atom stereocenters. The largest absolute Gasteiger partial charge is 0.435 e. The van der Waals surface area contributed by atoms with Gasteiger partial charge in [-0.25, -0.2) is 0 Å². The van der Waals surface area contributed by atoms with E-state index in [4.69, 9.17) is 0 Å². The number of aryl methyl sites for hydroxylation is 1. The lowest BCUT2D eigenvalue weighted by molar-refractivity contribution is -0.141. The lowest BCUT2D eigenvalue weighted by Gasteiger charge is -2.14. The van der Waals surface area contributed by atoms with Gasteiger partial charge in [-0.1, -0.05) is 13.0 Å². The summed E-state index contributed by atoms with van der Waals surface area (Å²) in [6.07, 6.45) is -9.15. The second-order valence-electron chi connectivity index (χ2n) is 5.82. The molecule has 1 amide bonds. The first-order valence-electron chi connectivity index (χ1n) is 7.47. The van der Waals surface area contributed by atoms with Crippen LogP contribution < -0.4 is 5.32 Å². The molecule has 0 bridgehead atoms. The first kappa shape index (κ1) is 19.8. The molecule has 2 aromatic rings. The van der Waals surface area contributed by atoms with Crippen molar-refractivity contribution in [1.82, 2.24) is 9.78 Å². The van der Waals surface area contributed by atoms with Crippen molar-refractivity contribution in [1.29, 1.82) is 0 Å². The third-order valence-corrected chi connectivity index (χ3v) is 3.62. The van der Waals surface area contributed by atoms with Crippen molar-refractivity contribution in [2.24, 2.45) is 5.92 Å². The van der Waals surface area contributed by atoms with Gasteiger partial charge in [-0.2, -0.15) is 31.4 Å². The molecule has 0 aliphatic rings. The summed E-state index contributed by atoms with van der Waals surface area (Å²) in [4.78, 5) is 12.1. The number of anilines is 1. The molecule has 0 aliphatic carbocycles. The van der Waals surface area contributed by atoms with E-state index in [2.05, 4.69) is 10.4 Å². The highest BCUT2D eigenvalue weighted by atomic mass is 19.4. The second kappa shape index (κ2) is 7.00. The Morgan fingerprint density at radius 2 is 1.81 bits per heavy atom. The summed E-state index contributed by atoms with van der Waals surface area (Å²) in [6.45, 7) is 2.71. The fraction of sp³-hybridized carbons (Fsp3) is 0.375. The number of amides is 1. The van der Waals surface area contributed by atoms with Gasteiger partial charge in [-0.15, -0.1) is 0 Å². The number of carbonyl (C=O) groups excluding carboxylic acids is 1. The third kappa shape index (κ3) is 4.77. The minimum absolute atomic E-state index is 0.0511. The Kier molecular flexibility index (Phi) is 5.33. The topological polar surface area (TPSA) is 46.9 Å². The quantitative estimate of drug-likeness (QED) is 0.795. The highest BCUT2D eigenvalue weighted by Crippen LogP contribution is 2.31. The van der Waals surface area contributed by atoms with E-state index in [1.807, 2.05) is 0 Å². The maximum atomic E-state index is 12.7. The summed E-state index contributed by atoms with van der Waals surface area (Å²) in [7, 11) is 0. The van der Waals surface area contributed by atoms with Crippen LogP contribution in [0.1, 0.15) is 23.9 Å².